The molecule has 1 aromatic rings. The summed E-state index contributed by atoms with van der Waals surface area (Å²) in [5, 5.41) is 2.47. The molecule has 0 atom stereocenters. The second kappa shape index (κ2) is 5.87. The number of nitrogens with two attached hydrogens (primary N) is 1. The van der Waals surface area contributed by atoms with E-state index in [4.69, 9.17) is 5.73 Å². The van der Waals surface area contributed by atoms with Crippen LogP contribution in [-0.2, 0) is 9.59 Å². The third kappa shape index (κ3) is 3.06. The lowest BCUT2D eigenvalue weighted by molar-refractivity contribution is -0.123. The van der Waals surface area contributed by atoms with Crippen molar-refractivity contribution in [2.75, 3.05) is 25.0 Å². The smallest absolute Gasteiger partial charge is 0.241 e. The average Bonchev–Trinajstić information content (AvgIpc) is 2.35. The van der Waals surface area contributed by atoms with Crippen molar-refractivity contribution < 1.29 is 9.59 Å². The highest BCUT2D eigenvalue weighted by atomic mass is 16.2. The van der Waals surface area contributed by atoms with Crippen LogP contribution in [0.4, 0.5) is 5.69 Å². The highest BCUT2D eigenvalue weighted by Gasteiger charge is 2.16. The van der Waals surface area contributed by atoms with Gasteiger partial charge in [0.1, 0.15) is 6.54 Å². The predicted molar refractivity (Wildman–Crippen MR) is 61.9 cm³/mol. The summed E-state index contributed by atoms with van der Waals surface area (Å²) in [4.78, 5) is 24.2. The molecule has 0 unspecified atom stereocenters. The lowest BCUT2D eigenvalue weighted by atomic mass is 10.2. The van der Waals surface area contributed by atoms with Crippen molar-refractivity contribution in [3.05, 3.63) is 30.3 Å². The number of anilines is 1. The standard InChI is InChI=1S/C11H15N3O2/c1-13-10(15)8-14(11(16)7-12)9-5-3-2-4-6-9/h2-6H,7-8,12H2,1H3,(H,13,15). The Kier molecular flexibility index (Phi) is 4.47. The van der Waals surface area contributed by atoms with Crippen LogP contribution in [0.25, 0.3) is 0 Å². The molecule has 0 aliphatic heterocycles. The summed E-state index contributed by atoms with van der Waals surface area (Å²) in [5.41, 5.74) is 5.97. The fraction of sp³-hybridized carbons (Fsp3) is 0.273. The first-order chi connectivity index (χ1) is 7.69. The minimum Gasteiger partial charge on any atom is -0.358 e. The molecular weight excluding hydrogens is 206 g/mol. The van der Waals surface area contributed by atoms with Crippen molar-refractivity contribution in [3.63, 3.8) is 0 Å². The summed E-state index contributed by atoms with van der Waals surface area (Å²) in [7, 11) is 1.53. The van der Waals surface area contributed by atoms with E-state index in [1.54, 1.807) is 24.3 Å². The molecule has 3 N–H and O–H groups in total. The molecule has 16 heavy (non-hydrogen) atoms. The minimum absolute atomic E-state index is 0.0173. The van der Waals surface area contributed by atoms with E-state index < -0.39 is 0 Å². The van der Waals surface area contributed by atoms with Crippen LogP contribution >= 0.6 is 0 Å². The monoisotopic (exact) mass is 221 g/mol. The zero-order chi connectivity index (χ0) is 12.0. The first-order valence-corrected chi connectivity index (χ1v) is 4.95. The molecule has 0 fully saturated rings. The number of amides is 2. The van der Waals surface area contributed by atoms with Crippen molar-refractivity contribution in [3.8, 4) is 0 Å². The van der Waals surface area contributed by atoms with Crippen LogP contribution in [0.15, 0.2) is 30.3 Å². The van der Waals surface area contributed by atoms with Gasteiger partial charge in [0.05, 0.1) is 6.54 Å². The lowest BCUT2D eigenvalue weighted by Gasteiger charge is -2.21. The van der Waals surface area contributed by atoms with Gasteiger partial charge in [0.15, 0.2) is 0 Å². The molecule has 0 bridgehead atoms. The molecule has 1 aromatic carbocycles. The molecule has 0 radical (unpaired) electrons. The van der Waals surface area contributed by atoms with Crippen LogP contribution < -0.4 is 16.0 Å². The maximum atomic E-state index is 11.6. The van der Waals surface area contributed by atoms with E-state index in [9.17, 15) is 9.59 Å². The first kappa shape index (κ1) is 12.2. The molecule has 2 amide bonds. The molecule has 0 aromatic heterocycles. The molecule has 0 spiro atoms. The molecule has 0 saturated heterocycles. The maximum absolute atomic E-state index is 11.6. The second-order valence-corrected chi connectivity index (χ2v) is 3.19. The maximum Gasteiger partial charge on any atom is 0.241 e. The Bertz CT molecular complexity index is 365. The van der Waals surface area contributed by atoms with Gasteiger partial charge >= 0.3 is 0 Å². The Balaban J connectivity index is 2.88. The van der Waals surface area contributed by atoms with Crippen LogP contribution in [0, 0.1) is 0 Å². The molecular formula is C11H15N3O2. The third-order valence-corrected chi connectivity index (χ3v) is 2.12. The van der Waals surface area contributed by atoms with Gasteiger partial charge in [-0.2, -0.15) is 0 Å². The predicted octanol–water partition coefficient (Wildman–Crippen LogP) is -0.276. The Hall–Kier alpha value is -1.88. The SMILES string of the molecule is CNC(=O)CN(C(=O)CN)c1ccccc1. The highest BCUT2D eigenvalue weighted by molar-refractivity contribution is 5.99. The van der Waals surface area contributed by atoms with Gasteiger partial charge in [-0.3, -0.25) is 9.59 Å². The molecule has 5 nitrogen and oxygen atoms in total. The van der Waals surface area contributed by atoms with Crippen molar-refractivity contribution in [2.24, 2.45) is 5.73 Å². The number of carbonyl (C=O) groups excluding carboxylic acids is 2. The number of nitrogens with one attached hydrogen (secondary N) is 1. The number of rotatable bonds is 4. The highest BCUT2D eigenvalue weighted by Crippen LogP contribution is 2.12. The van der Waals surface area contributed by atoms with Crippen molar-refractivity contribution in [2.45, 2.75) is 0 Å². The number of hydrogen-bond acceptors (Lipinski definition) is 3. The van der Waals surface area contributed by atoms with Crippen LogP contribution in [-0.4, -0.2) is 32.0 Å². The van der Waals surface area contributed by atoms with E-state index >= 15 is 0 Å². The normalized spacial score (nSPS) is 9.62. The van der Waals surface area contributed by atoms with E-state index in [0.717, 1.165) is 0 Å². The summed E-state index contributed by atoms with van der Waals surface area (Å²) in [6, 6.07) is 8.97. The summed E-state index contributed by atoms with van der Waals surface area (Å²) < 4.78 is 0. The summed E-state index contributed by atoms with van der Waals surface area (Å²) in [5.74, 6) is -0.513. The Morgan fingerprint density at radius 3 is 2.44 bits per heavy atom. The lowest BCUT2D eigenvalue weighted by Crippen LogP contribution is -2.42. The third-order valence-electron chi connectivity index (χ3n) is 2.12. The number of carbonyl (C=O) groups is 2. The van der Waals surface area contributed by atoms with Gasteiger partial charge in [-0.1, -0.05) is 18.2 Å². The van der Waals surface area contributed by atoms with Crippen molar-refractivity contribution >= 4 is 17.5 Å². The topological polar surface area (TPSA) is 75.4 Å². The number of para-hydroxylation sites is 1. The van der Waals surface area contributed by atoms with Gasteiger partial charge in [-0.25, -0.2) is 0 Å². The number of nitrogens with zero attached hydrogens (tertiary/aromatic N) is 1. The fourth-order valence-corrected chi connectivity index (χ4v) is 1.26. The van der Waals surface area contributed by atoms with Crippen LogP contribution in [0.2, 0.25) is 0 Å². The molecule has 0 saturated carbocycles. The van der Waals surface area contributed by atoms with E-state index in [1.807, 2.05) is 6.07 Å². The van der Waals surface area contributed by atoms with Crippen LogP contribution in [0.1, 0.15) is 0 Å². The molecule has 86 valence electrons. The van der Waals surface area contributed by atoms with E-state index in [0.29, 0.717) is 5.69 Å². The van der Waals surface area contributed by atoms with Gasteiger partial charge in [0, 0.05) is 12.7 Å². The molecule has 1 rings (SSSR count). The quantitative estimate of drug-likeness (QED) is 0.734. The van der Waals surface area contributed by atoms with Gasteiger partial charge < -0.3 is 16.0 Å². The largest absolute Gasteiger partial charge is 0.358 e. The summed E-state index contributed by atoms with van der Waals surface area (Å²) in [6.07, 6.45) is 0. The van der Waals surface area contributed by atoms with Crippen LogP contribution in [0.5, 0.6) is 0 Å². The molecule has 0 aliphatic carbocycles. The van der Waals surface area contributed by atoms with Gasteiger partial charge in [0.25, 0.3) is 0 Å². The first-order valence-electron chi connectivity index (χ1n) is 4.95. The number of likely N-dealkylation sites (N-methyl/N-ethyl adjacent to an activating group) is 1. The van der Waals surface area contributed by atoms with Gasteiger partial charge in [-0.15, -0.1) is 0 Å². The Labute approximate surface area is 94.2 Å². The van der Waals surface area contributed by atoms with Crippen molar-refractivity contribution in [1.29, 1.82) is 0 Å². The van der Waals surface area contributed by atoms with E-state index in [-0.39, 0.29) is 24.9 Å². The van der Waals surface area contributed by atoms with E-state index in [2.05, 4.69) is 5.32 Å². The molecule has 5 heteroatoms. The summed E-state index contributed by atoms with van der Waals surface area (Å²) >= 11 is 0. The van der Waals surface area contributed by atoms with E-state index in [1.165, 1.54) is 11.9 Å². The Morgan fingerprint density at radius 1 is 1.31 bits per heavy atom. The zero-order valence-corrected chi connectivity index (χ0v) is 9.14. The van der Waals surface area contributed by atoms with Gasteiger partial charge in [-0.05, 0) is 12.1 Å². The molecule has 0 heterocycles. The minimum atomic E-state index is -0.283. The summed E-state index contributed by atoms with van der Waals surface area (Å²) in [6.45, 7) is -0.136. The van der Waals surface area contributed by atoms with Gasteiger partial charge in [0.2, 0.25) is 11.8 Å². The molecule has 0 aliphatic rings. The number of benzene rings is 1. The second-order valence-electron chi connectivity index (χ2n) is 3.19. The van der Waals surface area contributed by atoms with Crippen LogP contribution in [0.3, 0.4) is 0 Å². The fourth-order valence-electron chi connectivity index (χ4n) is 1.26. The number of hydrogen-bond donors (Lipinski definition) is 2. The average molecular weight is 221 g/mol. The zero-order valence-electron chi connectivity index (χ0n) is 9.14. The Morgan fingerprint density at radius 2 is 1.94 bits per heavy atom. The van der Waals surface area contributed by atoms with Crippen molar-refractivity contribution in [1.82, 2.24) is 5.32 Å².